The Morgan fingerprint density at radius 2 is 2.06 bits per heavy atom. The highest BCUT2D eigenvalue weighted by Crippen LogP contribution is 2.30. The molecule has 0 aliphatic carbocycles. The number of carbonyl (C=O) groups is 1. The zero-order chi connectivity index (χ0) is 12.5. The molecular weight excluding hydrogens is 225 g/mol. The fraction of sp³-hybridized carbons (Fsp3) is 0.875. The molecule has 94 valence electrons. The van der Waals surface area contributed by atoms with Crippen molar-refractivity contribution in [2.75, 3.05) is 6.61 Å². The van der Waals surface area contributed by atoms with Crippen LogP contribution in [0.25, 0.3) is 0 Å². The Hall–Kier alpha value is -0.800. The molecule has 0 unspecified atom stereocenters. The number of hydrogen-bond donors (Lipinski definition) is 5. The maximum Gasteiger partial charge on any atom is 0.263 e. The van der Waals surface area contributed by atoms with Crippen LogP contribution in [0.3, 0.4) is 0 Å². The van der Waals surface area contributed by atoms with Gasteiger partial charge in [0.25, 0.3) is 5.85 Å². The molecule has 1 fully saturated rings. The molecule has 0 spiro atoms. The van der Waals surface area contributed by atoms with E-state index in [4.69, 9.17) is 5.11 Å². The third-order valence-corrected chi connectivity index (χ3v) is 2.34. The molecule has 0 aromatic carbocycles. The van der Waals surface area contributed by atoms with Gasteiger partial charge >= 0.3 is 0 Å². The van der Waals surface area contributed by atoms with Crippen LogP contribution < -0.4 is 5.32 Å². The number of alkyl halides is 1. The molecule has 1 heterocycles. The Labute approximate surface area is 90.5 Å². The summed E-state index contributed by atoms with van der Waals surface area (Å²) in [5.74, 6) is -3.54. The molecule has 0 aromatic heterocycles. The molecule has 8 heteroatoms. The highest BCUT2D eigenvalue weighted by molar-refractivity contribution is 5.73. The van der Waals surface area contributed by atoms with Gasteiger partial charge in [0.15, 0.2) is 6.29 Å². The van der Waals surface area contributed by atoms with Gasteiger partial charge in [-0.1, -0.05) is 0 Å². The molecule has 1 aliphatic heterocycles. The van der Waals surface area contributed by atoms with E-state index in [1.807, 2.05) is 0 Å². The van der Waals surface area contributed by atoms with E-state index in [1.165, 1.54) is 0 Å². The second kappa shape index (κ2) is 4.60. The van der Waals surface area contributed by atoms with Crippen molar-refractivity contribution in [2.24, 2.45) is 0 Å². The van der Waals surface area contributed by atoms with Gasteiger partial charge in [0, 0.05) is 6.92 Å². The van der Waals surface area contributed by atoms with E-state index in [-0.39, 0.29) is 0 Å². The van der Waals surface area contributed by atoms with Gasteiger partial charge in [-0.3, -0.25) is 4.79 Å². The lowest BCUT2D eigenvalue weighted by Gasteiger charge is -2.43. The summed E-state index contributed by atoms with van der Waals surface area (Å²) in [6.45, 7) is -0.107. The van der Waals surface area contributed by atoms with Crippen molar-refractivity contribution in [1.29, 1.82) is 0 Å². The van der Waals surface area contributed by atoms with E-state index in [0.717, 1.165) is 6.92 Å². The monoisotopic (exact) mass is 239 g/mol. The zero-order valence-electron chi connectivity index (χ0n) is 8.50. The molecule has 1 amide bonds. The van der Waals surface area contributed by atoms with E-state index in [0.29, 0.717) is 0 Å². The summed E-state index contributed by atoms with van der Waals surface area (Å²) >= 11 is 0. The van der Waals surface area contributed by atoms with Gasteiger partial charge < -0.3 is 30.5 Å². The molecule has 7 nitrogen and oxygen atoms in total. The highest BCUT2D eigenvalue weighted by Gasteiger charge is 2.54. The van der Waals surface area contributed by atoms with Crippen molar-refractivity contribution in [3.05, 3.63) is 0 Å². The predicted molar refractivity (Wildman–Crippen MR) is 47.6 cm³/mol. The topological polar surface area (TPSA) is 119 Å². The molecule has 1 saturated heterocycles. The number of aliphatic hydroxyl groups excluding tert-OH is 4. The minimum absolute atomic E-state index is 0.589. The number of hydrogen-bond acceptors (Lipinski definition) is 6. The second-order valence-electron chi connectivity index (χ2n) is 3.61. The van der Waals surface area contributed by atoms with Crippen molar-refractivity contribution in [3.8, 4) is 0 Å². The Balaban J connectivity index is 2.83. The normalized spacial score (nSPS) is 44.1. The van der Waals surface area contributed by atoms with Gasteiger partial charge in [-0.2, -0.15) is 0 Å². The summed E-state index contributed by atoms with van der Waals surface area (Å²) in [7, 11) is 0. The van der Waals surface area contributed by atoms with Crippen LogP contribution in [0.1, 0.15) is 6.92 Å². The molecule has 1 aliphatic rings. The van der Waals surface area contributed by atoms with Crippen LogP contribution in [0.5, 0.6) is 0 Å². The number of amides is 1. The summed E-state index contributed by atoms with van der Waals surface area (Å²) < 4.78 is 17.9. The number of halogens is 1. The first-order valence-electron chi connectivity index (χ1n) is 4.60. The van der Waals surface area contributed by atoms with E-state index < -0.39 is 42.9 Å². The maximum atomic E-state index is 13.6. The van der Waals surface area contributed by atoms with E-state index in [9.17, 15) is 24.5 Å². The highest BCUT2D eigenvalue weighted by atomic mass is 19.2. The average Bonchev–Trinajstić information content (AvgIpc) is 2.21. The molecule has 1 rings (SSSR count). The lowest BCUT2D eigenvalue weighted by atomic mass is 9.95. The van der Waals surface area contributed by atoms with Crippen molar-refractivity contribution in [1.82, 2.24) is 5.32 Å². The predicted octanol–water partition coefficient (Wildman–Crippen LogP) is -2.78. The first-order chi connectivity index (χ1) is 7.31. The van der Waals surface area contributed by atoms with Gasteiger partial charge in [0.2, 0.25) is 5.91 Å². The smallest absolute Gasteiger partial charge is 0.263 e. The van der Waals surface area contributed by atoms with E-state index in [1.54, 1.807) is 0 Å². The lowest BCUT2D eigenvalue weighted by Crippen LogP contribution is -2.67. The minimum atomic E-state index is -2.95. The third kappa shape index (κ3) is 2.30. The van der Waals surface area contributed by atoms with Crippen LogP contribution in [0.4, 0.5) is 4.39 Å². The Morgan fingerprint density at radius 1 is 1.50 bits per heavy atom. The number of aliphatic hydroxyl groups is 4. The number of nitrogens with one attached hydrogen (secondary N) is 1. The van der Waals surface area contributed by atoms with Crippen molar-refractivity contribution in [3.63, 3.8) is 0 Å². The molecule has 5 N–H and O–H groups in total. The quantitative estimate of drug-likeness (QED) is 0.355. The van der Waals surface area contributed by atoms with Crippen LogP contribution in [0.2, 0.25) is 0 Å². The molecular formula is C8H14FNO6. The zero-order valence-corrected chi connectivity index (χ0v) is 8.50. The summed E-state index contributed by atoms with van der Waals surface area (Å²) in [6, 6.07) is -1.36. The summed E-state index contributed by atoms with van der Waals surface area (Å²) in [5.41, 5.74) is 0. The maximum absolute atomic E-state index is 13.6. The fourth-order valence-electron chi connectivity index (χ4n) is 1.49. The SMILES string of the molecule is CC(=O)N[C@@H]1[C@@H](O)[C@H](O)[C@](F)(CO)O[C@@H]1O. The van der Waals surface area contributed by atoms with Crippen LogP contribution in [0, 0.1) is 0 Å². The first-order valence-corrected chi connectivity index (χ1v) is 4.60. The summed E-state index contributed by atoms with van der Waals surface area (Å²) in [5, 5.41) is 38.9. The van der Waals surface area contributed by atoms with Gasteiger partial charge in [0.05, 0.1) is 0 Å². The summed E-state index contributed by atoms with van der Waals surface area (Å²) in [6.07, 6.45) is -5.72. The second-order valence-corrected chi connectivity index (χ2v) is 3.61. The van der Waals surface area contributed by atoms with Crippen LogP contribution in [-0.2, 0) is 9.53 Å². The Kier molecular flexibility index (Phi) is 3.81. The molecule has 0 bridgehead atoms. The number of rotatable bonds is 2. The largest absolute Gasteiger partial charge is 0.390 e. The van der Waals surface area contributed by atoms with Crippen LogP contribution in [0.15, 0.2) is 0 Å². The molecule has 0 aromatic rings. The minimum Gasteiger partial charge on any atom is -0.390 e. The number of carbonyl (C=O) groups excluding carboxylic acids is 1. The first kappa shape index (κ1) is 13.3. The van der Waals surface area contributed by atoms with Crippen LogP contribution >= 0.6 is 0 Å². The molecule has 16 heavy (non-hydrogen) atoms. The van der Waals surface area contributed by atoms with Crippen molar-refractivity contribution >= 4 is 5.91 Å². The fourth-order valence-corrected chi connectivity index (χ4v) is 1.49. The van der Waals surface area contributed by atoms with Crippen molar-refractivity contribution in [2.45, 2.75) is 37.3 Å². The standard InChI is InChI=1S/C8H14FNO6/c1-3(12)10-4-5(13)6(14)8(9,2-11)16-7(4)15/h4-7,11,13-15H,2H2,1H3,(H,10,12)/t4-,5-,6+,7+,8+/m1/s1. The lowest BCUT2D eigenvalue weighted by molar-refractivity contribution is -0.345. The molecule has 0 saturated carbocycles. The molecule has 0 radical (unpaired) electrons. The average molecular weight is 239 g/mol. The van der Waals surface area contributed by atoms with Gasteiger partial charge in [-0.05, 0) is 0 Å². The summed E-state index contributed by atoms with van der Waals surface area (Å²) in [4.78, 5) is 10.7. The van der Waals surface area contributed by atoms with Crippen molar-refractivity contribution < 1.29 is 34.3 Å². The number of ether oxygens (including phenoxy) is 1. The van der Waals surface area contributed by atoms with Gasteiger partial charge in [-0.25, -0.2) is 4.39 Å². The Bertz CT molecular complexity index is 277. The third-order valence-electron chi connectivity index (χ3n) is 2.34. The van der Waals surface area contributed by atoms with E-state index in [2.05, 4.69) is 10.1 Å². The Morgan fingerprint density at radius 3 is 2.50 bits per heavy atom. The van der Waals surface area contributed by atoms with Crippen LogP contribution in [-0.4, -0.2) is 63.3 Å². The molecule has 5 atom stereocenters. The van der Waals surface area contributed by atoms with E-state index >= 15 is 0 Å². The van der Waals surface area contributed by atoms with Gasteiger partial charge in [0.1, 0.15) is 24.9 Å². The van der Waals surface area contributed by atoms with Gasteiger partial charge in [-0.15, -0.1) is 0 Å².